The third-order valence-electron chi connectivity index (χ3n) is 2.99. The maximum atomic E-state index is 12.5. The molecule has 0 bridgehead atoms. The zero-order chi connectivity index (χ0) is 14.4. The minimum Gasteiger partial charge on any atom is -0.384 e. The van der Waals surface area contributed by atoms with E-state index in [9.17, 15) is 8.42 Å². The predicted molar refractivity (Wildman–Crippen MR) is 74.6 cm³/mol. The second-order valence-electron chi connectivity index (χ2n) is 4.35. The van der Waals surface area contributed by atoms with Gasteiger partial charge in [-0.05, 0) is 30.7 Å². The molecule has 0 atom stereocenters. The van der Waals surface area contributed by atoms with Gasteiger partial charge in [-0.25, -0.2) is 8.42 Å². The normalized spacial score (nSPS) is 17.1. The molecule has 1 N–H and O–H groups in total. The first-order chi connectivity index (χ1) is 9.64. The third kappa shape index (κ3) is 3.58. The van der Waals surface area contributed by atoms with E-state index in [0.717, 1.165) is 0 Å². The van der Waals surface area contributed by atoms with Crippen molar-refractivity contribution in [3.63, 3.8) is 0 Å². The molecule has 0 amide bonds. The van der Waals surface area contributed by atoms with Gasteiger partial charge in [0.1, 0.15) is 6.61 Å². The number of sulfonamides is 1. The molecule has 0 unspecified atom stereocenters. The average molecular weight is 295 g/mol. The summed E-state index contributed by atoms with van der Waals surface area (Å²) in [6, 6.07) is 6.37. The highest BCUT2D eigenvalue weighted by Crippen LogP contribution is 2.17. The van der Waals surface area contributed by atoms with Gasteiger partial charge in [-0.2, -0.15) is 4.31 Å². The van der Waals surface area contributed by atoms with Crippen LogP contribution >= 0.6 is 0 Å². The third-order valence-corrected chi connectivity index (χ3v) is 4.90. The van der Waals surface area contributed by atoms with Crippen LogP contribution in [0.15, 0.2) is 29.2 Å². The number of hydrogen-bond donors (Lipinski definition) is 1. The first kappa shape index (κ1) is 15.0. The first-order valence-corrected chi connectivity index (χ1v) is 7.86. The Kier molecular flexibility index (Phi) is 5.15. The minimum atomic E-state index is -3.47. The molecule has 2 rings (SSSR count). The van der Waals surface area contributed by atoms with E-state index < -0.39 is 10.0 Å². The van der Waals surface area contributed by atoms with Crippen LogP contribution in [0.1, 0.15) is 12.0 Å². The highest BCUT2D eigenvalue weighted by Gasteiger charge is 2.24. The van der Waals surface area contributed by atoms with Crippen LogP contribution in [0.5, 0.6) is 0 Å². The van der Waals surface area contributed by atoms with Crippen LogP contribution in [0.2, 0.25) is 0 Å². The Balaban J connectivity index is 2.20. The van der Waals surface area contributed by atoms with Gasteiger partial charge in [0.05, 0.1) is 11.5 Å². The molecule has 1 saturated heterocycles. The molecule has 0 radical (unpaired) electrons. The van der Waals surface area contributed by atoms with Crippen molar-refractivity contribution in [2.24, 2.45) is 0 Å². The van der Waals surface area contributed by atoms with Crippen molar-refractivity contribution in [1.29, 1.82) is 0 Å². The van der Waals surface area contributed by atoms with Crippen LogP contribution in [-0.2, 0) is 14.8 Å². The van der Waals surface area contributed by atoms with Gasteiger partial charge >= 0.3 is 0 Å². The van der Waals surface area contributed by atoms with Gasteiger partial charge in [0.25, 0.3) is 0 Å². The van der Waals surface area contributed by atoms with Crippen molar-refractivity contribution in [2.45, 2.75) is 11.3 Å². The van der Waals surface area contributed by atoms with Crippen LogP contribution in [0, 0.1) is 11.8 Å². The fourth-order valence-corrected chi connectivity index (χ4v) is 3.43. The molecule has 1 aliphatic rings. The zero-order valence-corrected chi connectivity index (χ0v) is 11.9. The summed E-state index contributed by atoms with van der Waals surface area (Å²) >= 11 is 0. The summed E-state index contributed by atoms with van der Waals surface area (Å²) in [6.45, 7) is 1.68. The molecule has 0 saturated carbocycles. The summed E-state index contributed by atoms with van der Waals surface area (Å²) in [4.78, 5) is 0.258. The highest BCUT2D eigenvalue weighted by molar-refractivity contribution is 7.89. The van der Waals surface area contributed by atoms with Crippen molar-refractivity contribution in [3.8, 4) is 11.8 Å². The predicted octanol–water partition coefficient (Wildman–Crippen LogP) is 0.441. The lowest BCUT2D eigenvalue weighted by Gasteiger charge is -2.19. The van der Waals surface area contributed by atoms with E-state index in [1.807, 2.05) is 0 Å². The summed E-state index contributed by atoms with van der Waals surface area (Å²) < 4.78 is 31.6. The molecule has 0 aliphatic carbocycles. The molecular weight excluding hydrogens is 278 g/mol. The van der Waals surface area contributed by atoms with E-state index in [-0.39, 0.29) is 11.5 Å². The molecule has 0 aromatic heterocycles. The van der Waals surface area contributed by atoms with E-state index in [2.05, 4.69) is 11.8 Å². The van der Waals surface area contributed by atoms with Crippen molar-refractivity contribution < 1.29 is 18.3 Å². The van der Waals surface area contributed by atoms with Gasteiger partial charge in [-0.15, -0.1) is 0 Å². The standard InChI is InChI=1S/C14H17NO4S/c16-10-1-3-13-4-6-14(7-5-13)20(17,18)15-8-2-11-19-12-9-15/h4-7,16H,2,8-12H2. The molecule has 0 spiro atoms. The van der Waals surface area contributed by atoms with Gasteiger partial charge in [0.15, 0.2) is 0 Å². The number of aliphatic hydroxyl groups excluding tert-OH is 1. The molecule has 1 heterocycles. The van der Waals surface area contributed by atoms with Crippen molar-refractivity contribution in [1.82, 2.24) is 4.31 Å². The Morgan fingerprint density at radius 1 is 1.20 bits per heavy atom. The molecule has 1 aromatic rings. The minimum absolute atomic E-state index is 0.214. The lowest BCUT2D eigenvalue weighted by Crippen LogP contribution is -2.33. The average Bonchev–Trinajstić information content (AvgIpc) is 2.75. The SMILES string of the molecule is O=S(=O)(c1ccc(C#CCO)cc1)N1CCCOCC1. The van der Waals surface area contributed by atoms with Gasteiger partial charge in [-0.1, -0.05) is 11.8 Å². The van der Waals surface area contributed by atoms with Crippen molar-refractivity contribution in [3.05, 3.63) is 29.8 Å². The molecule has 1 aliphatic heterocycles. The molecule has 1 fully saturated rings. The Labute approximate surface area is 119 Å². The summed E-state index contributed by atoms with van der Waals surface area (Å²) in [5, 5.41) is 8.62. The topological polar surface area (TPSA) is 66.8 Å². The second kappa shape index (κ2) is 6.86. The molecule has 108 valence electrons. The van der Waals surface area contributed by atoms with E-state index in [0.29, 0.717) is 38.3 Å². The molecule has 1 aromatic carbocycles. The van der Waals surface area contributed by atoms with Crippen LogP contribution in [0.25, 0.3) is 0 Å². The van der Waals surface area contributed by atoms with Crippen LogP contribution in [-0.4, -0.2) is 50.7 Å². The maximum absolute atomic E-state index is 12.5. The van der Waals surface area contributed by atoms with Crippen molar-refractivity contribution >= 4 is 10.0 Å². The smallest absolute Gasteiger partial charge is 0.243 e. The van der Waals surface area contributed by atoms with Crippen LogP contribution in [0.3, 0.4) is 0 Å². The molecule has 20 heavy (non-hydrogen) atoms. The number of ether oxygens (including phenoxy) is 1. The Morgan fingerprint density at radius 3 is 2.65 bits per heavy atom. The number of benzene rings is 1. The fraction of sp³-hybridized carbons (Fsp3) is 0.429. The lowest BCUT2D eigenvalue weighted by molar-refractivity contribution is 0.148. The van der Waals surface area contributed by atoms with E-state index in [1.54, 1.807) is 24.3 Å². The van der Waals surface area contributed by atoms with E-state index in [4.69, 9.17) is 9.84 Å². The Hall–Kier alpha value is -1.39. The summed E-state index contributed by atoms with van der Waals surface area (Å²) in [7, 11) is -3.47. The van der Waals surface area contributed by atoms with Crippen molar-refractivity contribution in [2.75, 3.05) is 32.9 Å². The van der Waals surface area contributed by atoms with Crippen LogP contribution < -0.4 is 0 Å². The number of nitrogens with zero attached hydrogens (tertiary/aromatic N) is 1. The molecular formula is C14H17NO4S. The number of hydrogen-bond acceptors (Lipinski definition) is 4. The van der Waals surface area contributed by atoms with Crippen LogP contribution in [0.4, 0.5) is 0 Å². The van der Waals surface area contributed by atoms with Gasteiger partial charge in [-0.3, -0.25) is 0 Å². The van der Waals surface area contributed by atoms with Gasteiger partial charge in [0, 0.05) is 25.3 Å². The quantitative estimate of drug-likeness (QED) is 0.804. The highest BCUT2D eigenvalue weighted by atomic mass is 32.2. The molecule has 5 nitrogen and oxygen atoms in total. The Morgan fingerprint density at radius 2 is 1.95 bits per heavy atom. The molecule has 6 heteroatoms. The lowest BCUT2D eigenvalue weighted by atomic mass is 10.2. The first-order valence-electron chi connectivity index (χ1n) is 6.42. The zero-order valence-electron chi connectivity index (χ0n) is 11.1. The Bertz CT molecular complexity index is 590. The van der Waals surface area contributed by atoms with E-state index >= 15 is 0 Å². The number of rotatable bonds is 2. The monoisotopic (exact) mass is 295 g/mol. The summed E-state index contributed by atoms with van der Waals surface area (Å²) in [5.41, 5.74) is 0.678. The van der Waals surface area contributed by atoms with E-state index in [1.165, 1.54) is 4.31 Å². The summed E-state index contributed by atoms with van der Waals surface area (Å²) in [6.07, 6.45) is 0.708. The van der Waals surface area contributed by atoms with Gasteiger partial charge < -0.3 is 9.84 Å². The largest absolute Gasteiger partial charge is 0.384 e. The second-order valence-corrected chi connectivity index (χ2v) is 6.29. The fourth-order valence-electron chi connectivity index (χ4n) is 1.96. The van der Waals surface area contributed by atoms with Gasteiger partial charge in [0.2, 0.25) is 10.0 Å². The number of aliphatic hydroxyl groups is 1. The summed E-state index contributed by atoms with van der Waals surface area (Å²) in [5.74, 6) is 5.26. The maximum Gasteiger partial charge on any atom is 0.243 e.